The summed E-state index contributed by atoms with van der Waals surface area (Å²) in [4.78, 5) is 2.59. The van der Waals surface area contributed by atoms with Crippen molar-refractivity contribution in [2.24, 2.45) is 0 Å². The lowest BCUT2D eigenvalue weighted by molar-refractivity contribution is 0.216. The van der Waals surface area contributed by atoms with Gasteiger partial charge in [-0.1, -0.05) is 44.7 Å². The van der Waals surface area contributed by atoms with E-state index in [0.29, 0.717) is 5.54 Å². The van der Waals surface area contributed by atoms with Gasteiger partial charge in [0.15, 0.2) is 0 Å². The first-order valence-electron chi connectivity index (χ1n) is 8.40. The third kappa shape index (κ3) is 3.01. The standard InChI is InChI=1S/C18H28N2/c1-2-6-16-7-9-17(10-8-16)20-14-13-19-18(15-20)11-4-3-5-12-18/h7-10,19H,2-6,11-15H2,1H3. The predicted molar refractivity (Wildman–Crippen MR) is 86.5 cm³/mol. The highest BCUT2D eigenvalue weighted by atomic mass is 15.2. The molecular weight excluding hydrogens is 244 g/mol. The number of anilines is 1. The van der Waals surface area contributed by atoms with Crippen LogP contribution in [0.3, 0.4) is 0 Å². The zero-order chi connectivity index (χ0) is 13.8. The summed E-state index contributed by atoms with van der Waals surface area (Å²) < 4.78 is 0. The highest BCUT2D eigenvalue weighted by molar-refractivity contribution is 5.48. The van der Waals surface area contributed by atoms with E-state index in [1.165, 1.54) is 62.7 Å². The van der Waals surface area contributed by atoms with Crippen LogP contribution in [0.15, 0.2) is 24.3 Å². The molecule has 0 unspecified atom stereocenters. The fourth-order valence-corrected chi connectivity index (χ4v) is 3.90. The largest absolute Gasteiger partial charge is 0.368 e. The van der Waals surface area contributed by atoms with Crippen molar-refractivity contribution in [3.63, 3.8) is 0 Å². The molecule has 110 valence electrons. The average molecular weight is 272 g/mol. The second kappa shape index (κ2) is 6.17. The predicted octanol–water partition coefficient (Wildman–Crippen LogP) is 3.75. The fraction of sp³-hybridized carbons (Fsp3) is 0.667. The fourth-order valence-electron chi connectivity index (χ4n) is 3.90. The van der Waals surface area contributed by atoms with Crippen molar-refractivity contribution in [3.8, 4) is 0 Å². The zero-order valence-corrected chi connectivity index (χ0v) is 12.8. The van der Waals surface area contributed by atoms with Gasteiger partial charge in [0.05, 0.1) is 0 Å². The molecular formula is C18H28N2. The van der Waals surface area contributed by atoms with E-state index >= 15 is 0 Å². The molecule has 0 radical (unpaired) electrons. The summed E-state index contributed by atoms with van der Waals surface area (Å²) in [5, 5.41) is 3.82. The Morgan fingerprint density at radius 1 is 1.10 bits per heavy atom. The summed E-state index contributed by atoms with van der Waals surface area (Å²) in [5.41, 5.74) is 3.29. The second-order valence-electron chi connectivity index (χ2n) is 6.61. The van der Waals surface area contributed by atoms with Crippen LogP contribution >= 0.6 is 0 Å². The molecule has 3 rings (SSSR count). The molecule has 1 heterocycles. The molecule has 2 heteroatoms. The minimum Gasteiger partial charge on any atom is -0.368 e. The van der Waals surface area contributed by atoms with Gasteiger partial charge in [0.1, 0.15) is 0 Å². The van der Waals surface area contributed by atoms with Crippen molar-refractivity contribution in [2.45, 2.75) is 57.4 Å². The number of piperazine rings is 1. The zero-order valence-electron chi connectivity index (χ0n) is 12.8. The van der Waals surface area contributed by atoms with Gasteiger partial charge in [0.2, 0.25) is 0 Å². The molecule has 1 aliphatic heterocycles. The van der Waals surface area contributed by atoms with Crippen molar-refractivity contribution in [2.75, 3.05) is 24.5 Å². The third-order valence-corrected chi connectivity index (χ3v) is 5.03. The van der Waals surface area contributed by atoms with Gasteiger partial charge in [0.25, 0.3) is 0 Å². The van der Waals surface area contributed by atoms with Gasteiger partial charge in [-0.05, 0) is 37.0 Å². The Labute approximate surface area is 123 Å². The van der Waals surface area contributed by atoms with E-state index in [9.17, 15) is 0 Å². The molecule has 1 spiro atoms. The molecule has 1 N–H and O–H groups in total. The molecule has 1 saturated carbocycles. The van der Waals surface area contributed by atoms with Crippen molar-refractivity contribution < 1.29 is 0 Å². The molecule has 0 bridgehead atoms. The molecule has 1 saturated heterocycles. The maximum atomic E-state index is 3.82. The number of nitrogens with one attached hydrogen (secondary N) is 1. The van der Waals surface area contributed by atoms with Crippen LogP contribution in [0.2, 0.25) is 0 Å². The van der Waals surface area contributed by atoms with Crippen molar-refractivity contribution in [3.05, 3.63) is 29.8 Å². The minimum absolute atomic E-state index is 0.401. The SMILES string of the molecule is CCCc1ccc(N2CCNC3(CCCCC3)C2)cc1. The summed E-state index contributed by atoms with van der Waals surface area (Å²) in [6, 6.07) is 9.28. The molecule has 0 amide bonds. The molecule has 1 aliphatic carbocycles. The Morgan fingerprint density at radius 2 is 1.85 bits per heavy atom. The first kappa shape index (κ1) is 13.9. The van der Waals surface area contributed by atoms with E-state index in [-0.39, 0.29) is 0 Å². The maximum Gasteiger partial charge on any atom is 0.0367 e. The van der Waals surface area contributed by atoms with Gasteiger partial charge in [-0.3, -0.25) is 0 Å². The van der Waals surface area contributed by atoms with Crippen LogP contribution in [-0.4, -0.2) is 25.2 Å². The van der Waals surface area contributed by atoms with E-state index in [4.69, 9.17) is 0 Å². The Bertz CT molecular complexity index is 412. The first-order chi connectivity index (χ1) is 9.81. The van der Waals surface area contributed by atoms with Crippen LogP contribution in [0, 0.1) is 0 Å². The van der Waals surface area contributed by atoms with Gasteiger partial charge >= 0.3 is 0 Å². The van der Waals surface area contributed by atoms with Gasteiger partial charge in [-0.2, -0.15) is 0 Å². The van der Waals surface area contributed by atoms with E-state index in [1.54, 1.807) is 0 Å². The minimum atomic E-state index is 0.401. The number of nitrogens with zero attached hydrogens (tertiary/aromatic N) is 1. The second-order valence-corrected chi connectivity index (χ2v) is 6.61. The molecule has 2 aliphatic rings. The molecule has 20 heavy (non-hydrogen) atoms. The number of rotatable bonds is 3. The van der Waals surface area contributed by atoms with Crippen LogP contribution in [0.1, 0.15) is 51.0 Å². The van der Waals surface area contributed by atoms with Crippen molar-refractivity contribution in [1.82, 2.24) is 5.32 Å². The smallest absolute Gasteiger partial charge is 0.0367 e. The maximum absolute atomic E-state index is 3.82. The molecule has 0 aromatic heterocycles. The van der Waals surface area contributed by atoms with Crippen LogP contribution in [0.25, 0.3) is 0 Å². The van der Waals surface area contributed by atoms with Gasteiger partial charge < -0.3 is 10.2 Å². The van der Waals surface area contributed by atoms with E-state index < -0.39 is 0 Å². The summed E-state index contributed by atoms with van der Waals surface area (Å²) in [6.07, 6.45) is 9.37. The third-order valence-electron chi connectivity index (χ3n) is 5.03. The number of hydrogen-bond acceptors (Lipinski definition) is 2. The Hall–Kier alpha value is -1.02. The lowest BCUT2D eigenvalue weighted by atomic mass is 9.80. The lowest BCUT2D eigenvalue weighted by Gasteiger charge is -2.47. The van der Waals surface area contributed by atoms with Crippen molar-refractivity contribution in [1.29, 1.82) is 0 Å². The Balaban J connectivity index is 1.69. The van der Waals surface area contributed by atoms with Crippen LogP contribution in [-0.2, 0) is 6.42 Å². The molecule has 1 aromatic rings. The summed E-state index contributed by atoms with van der Waals surface area (Å²) >= 11 is 0. The Morgan fingerprint density at radius 3 is 2.55 bits per heavy atom. The number of benzene rings is 1. The van der Waals surface area contributed by atoms with Gasteiger partial charge in [-0.25, -0.2) is 0 Å². The highest BCUT2D eigenvalue weighted by Crippen LogP contribution is 2.32. The van der Waals surface area contributed by atoms with E-state index in [0.717, 1.165) is 13.1 Å². The normalized spacial score (nSPS) is 22.1. The highest BCUT2D eigenvalue weighted by Gasteiger charge is 2.36. The Kier molecular flexibility index (Phi) is 4.30. The van der Waals surface area contributed by atoms with Crippen LogP contribution in [0.5, 0.6) is 0 Å². The van der Waals surface area contributed by atoms with Crippen LogP contribution in [0.4, 0.5) is 5.69 Å². The quantitative estimate of drug-likeness (QED) is 0.901. The average Bonchev–Trinajstić information content (AvgIpc) is 2.49. The summed E-state index contributed by atoms with van der Waals surface area (Å²) in [6.45, 7) is 5.72. The number of aryl methyl sites for hydroxylation is 1. The summed E-state index contributed by atoms with van der Waals surface area (Å²) in [7, 11) is 0. The van der Waals surface area contributed by atoms with Gasteiger partial charge in [-0.15, -0.1) is 0 Å². The molecule has 1 aromatic carbocycles. The lowest BCUT2D eigenvalue weighted by Crippen LogP contribution is -2.61. The molecule has 2 nitrogen and oxygen atoms in total. The topological polar surface area (TPSA) is 15.3 Å². The molecule has 0 atom stereocenters. The monoisotopic (exact) mass is 272 g/mol. The van der Waals surface area contributed by atoms with E-state index in [1.807, 2.05) is 0 Å². The van der Waals surface area contributed by atoms with Gasteiger partial charge in [0, 0.05) is 30.9 Å². The number of hydrogen-bond donors (Lipinski definition) is 1. The van der Waals surface area contributed by atoms with Crippen LogP contribution < -0.4 is 10.2 Å². The molecule has 2 fully saturated rings. The summed E-state index contributed by atoms with van der Waals surface area (Å²) in [5.74, 6) is 0. The van der Waals surface area contributed by atoms with Crippen molar-refractivity contribution >= 4 is 5.69 Å². The first-order valence-corrected chi connectivity index (χ1v) is 8.40. The van der Waals surface area contributed by atoms with E-state index in [2.05, 4.69) is 41.4 Å².